The lowest BCUT2D eigenvalue weighted by Gasteiger charge is -2.17. The predicted molar refractivity (Wildman–Crippen MR) is 120 cm³/mol. The number of amides is 1. The number of fused-ring (bicyclic) bond motifs is 2. The summed E-state index contributed by atoms with van der Waals surface area (Å²) >= 11 is 1.14. The Morgan fingerprint density at radius 1 is 1.16 bits per heavy atom. The normalized spacial score (nSPS) is 17.1. The highest BCUT2D eigenvalue weighted by atomic mass is 32.2. The molecule has 3 N–H and O–H groups in total. The summed E-state index contributed by atoms with van der Waals surface area (Å²) in [5.74, 6) is 0.206. The lowest BCUT2D eigenvalue weighted by atomic mass is 10.1. The first-order valence-electron chi connectivity index (χ1n) is 9.69. The standard InChI is InChI=1S/C21H19N5O3S2/c22-20-15-10-13(3-4-14(15)5-8-24-20)12-26-9-6-16(21(26)27)25-31(28,29)19-11-17-18(30-19)2-1-7-23-17/h1-5,7-8,10-11,16,25H,6,9,12H2,(H2,22,24)/t16-/m0/s1. The molecule has 1 aliphatic rings. The Morgan fingerprint density at radius 2 is 2.03 bits per heavy atom. The molecule has 1 aliphatic heterocycles. The van der Waals surface area contributed by atoms with Crippen LogP contribution in [0.4, 0.5) is 5.82 Å². The van der Waals surface area contributed by atoms with E-state index in [1.54, 1.807) is 23.4 Å². The average Bonchev–Trinajstić information content (AvgIpc) is 3.34. The number of nitrogens with one attached hydrogen (secondary N) is 1. The number of hydrogen-bond donors (Lipinski definition) is 2. The largest absolute Gasteiger partial charge is 0.383 e. The number of benzene rings is 1. The highest BCUT2D eigenvalue weighted by molar-refractivity contribution is 7.91. The average molecular weight is 454 g/mol. The molecule has 0 bridgehead atoms. The summed E-state index contributed by atoms with van der Waals surface area (Å²) in [5.41, 5.74) is 7.50. The molecule has 3 aromatic heterocycles. The Morgan fingerprint density at radius 3 is 2.87 bits per heavy atom. The van der Waals surface area contributed by atoms with E-state index < -0.39 is 16.1 Å². The first kappa shape index (κ1) is 19.9. The molecule has 31 heavy (non-hydrogen) atoms. The second-order valence-electron chi connectivity index (χ2n) is 7.43. The van der Waals surface area contributed by atoms with Crippen LogP contribution in [0.5, 0.6) is 0 Å². The van der Waals surface area contributed by atoms with Crippen molar-refractivity contribution in [3.63, 3.8) is 0 Å². The van der Waals surface area contributed by atoms with Gasteiger partial charge in [-0.15, -0.1) is 11.3 Å². The van der Waals surface area contributed by atoms with Crippen LogP contribution in [-0.4, -0.2) is 41.8 Å². The summed E-state index contributed by atoms with van der Waals surface area (Å²) in [6.07, 6.45) is 3.69. The smallest absolute Gasteiger partial charge is 0.250 e. The van der Waals surface area contributed by atoms with Crippen molar-refractivity contribution in [3.05, 3.63) is 60.4 Å². The molecule has 0 unspecified atom stereocenters. The third-order valence-electron chi connectivity index (χ3n) is 5.36. The fourth-order valence-electron chi connectivity index (χ4n) is 3.79. The van der Waals surface area contributed by atoms with Gasteiger partial charge >= 0.3 is 0 Å². The quantitative estimate of drug-likeness (QED) is 0.479. The summed E-state index contributed by atoms with van der Waals surface area (Å²) in [7, 11) is -3.81. The molecular weight excluding hydrogens is 434 g/mol. The number of hydrogen-bond acceptors (Lipinski definition) is 7. The summed E-state index contributed by atoms with van der Waals surface area (Å²) in [4.78, 5) is 22.8. The van der Waals surface area contributed by atoms with Gasteiger partial charge in [0.15, 0.2) is 0 Å². The minimum absolute atomic E-state index is 0.157. The van der Waals surface area contributed by atoms with E-state index in [1.807, 2.05) is 30.3 Å². The third kappa shape index (κ3) is 3.73. The van der Waals surface area contributed by atoms with Crippen LogP contribution in [-0.2, 0) is 21.4 Å². The number of sulfonamides is 1. The van der Waals surface area contributed by atoms with Crippen molar-refractivity contribution in [2.75, 3.05) is 12.3 Å². The molecule has 0 saturated carbocycles. The van der Waals surface area contributed by atoms with Crippen molar-refractivity contribution in [2.45, 2.75) is 23.2 Å². The highest BCUT2D eigenvalue weighted by Crippen LogP contribution is 2.28. The van der Waals surface area contributed by atoms with Crippen LogP contribution < -0.4 is 10.5 Å². The maximum Gasteiger partial charge on any atom is 0.250 e. The zero-order chi connectivity index (χ0) is 21.6. The number of pyridine rings is 2. The van der Waals surface area contributed by atoms with Gasteiger partial charge in [0.1, 0.15) is 16.1 Å². The molecule has 1 saturated heterocycles. The number of carbonyl (C=O) groups excluding carboxylic acids is 1. The van der Waals surface area contributed by atoms with Crippen LogP contribution >= 0.6 is 11.3 Å². The van der Waals surface area contributed by atoms with E-state index >= 15 is 0 Å². The van der Waals surface area contributed by atoms with E-state index in [9.17, 15) is 13.2 Å². The fourth-order valence-corrected chi connectivity index (χ4v) is 6.37. The minimum Gasteiger partial charge on any atom is -0.383 e. The van der Waals surface area contributed by atoms with E-state index in [2.05, 4.69) is 14.7 Å². The maximum atomic E-state index is 12.9. The van der Waals surface area contributed by atoms with Gasteiger partial charge in [0.25, 0.3) is 10.0 Å². The van der Waals surface area contributed by atoms with Crippen molar-refractivity contribution >= 4 is 54.1 Å². The number of rotatable bonds is 5. The number of thiophene rings is 1. The van der Waals surface area contributed by atoms with E-state index in [-0.39, 0.29) is 10.1 Å². The van der Waals surface area contributed by atoms with Gasteiger partial charge in [-0.1, -0.05) is 12.1 Å². The van der Waals surface area contributed by atoms with Crippen LogP contribution in [0.15, 0.2) is 59.1 Å². The molecular formula is C21H19N5O3S2. The summed E-state index contributed by atoms with van der Waals surface area (Å²) < 4.78 is 29.2. The lowest BCUT2D eigenvalue weighted by Crippen LogP contribution is -2.41. The molecule has 4 aromatic rings. The van der Waals surface area contributed by atoms with Crippen LogP contribution in [0.2, 0.25) is 0 Å². The fraction of sp³-hybridized carbons (Fsp3) is 0.190. The zero-order valence-corrected chi connectivity index (χ0v) is 18.0. The first-order chi connectivity index (χ1) is 14.9. The number of carbonyl (C=O) groups is 1. The van der Waals surface area contributed by atoms with Crippen molar-refractivity contribution in [1.82, 2.24) is 19.6 Å². The number of anilines is 1. The minimum atomic E-state index is -3.81. The van der Waals surface area contributed by atoms with Crippen molar-refractivity contribution < 1.29 is 13.2 Å². The van der Waals surface area contributed by atoms with Crippen molar-refractivity contribution in [3.8, 4) is 0 Å². The SMILES string of the molecule is Nc1nccc2ccc(CN3CC[C@H](NS(=O)(=O)c4cc5ncccc5s4)C3=O)cc12. The molecule has 0 spiro atoms. The molecule has 1 amide bonds. The molecule has 5 rings (SSSR count). The highest BCUT2D eigenvalue weighted by Gasteiger charge is 2.35. The Bertz CT molecular complexity index is 1380. The number of nitrogens with two attached hydrogens (primary N) is 1. The van der Waals surface area contributed by atoms with Gasteiger partial charge in [-0.05, 0) is 47.7 Å². The summed E-state index contributed by atoms with van der Waals surface area (Å²) in [5, 5.41) is 1.81. The Balaban J connectivity index is 1.32. The lowest BCUT2D eigenvalue weighted by molar-refractivity contribution is -0.129. The molecule has 1 aromatic carbocycles. The van der Waals surface area contributed by atoms with Gasteiger partial charge in [0, 0.05) is 30.9 Å². The van der Waals surface area contributed by atoms with Crippen molar-refractivity contribution in [2.24, 2.45) is 0 Å². The molecule has 0 radical (unpaired) electrons. The monoisotopic (exact) mass is 453 g/mol. The van der Waals surface area contributed by atoms with Crippen LogP contribution in [0.3, 0.4) is 0 Å². The van der Waals surface area contributed by atoms with Gasteiger partial charge < -0.3 is 10.6 Å². The van der Waals surface area contributed by atoms with Crippen LogP contribution in [0.25, 0.3) is 21.0 Å². The predicted octanol–water partition coefficient (Wildman–Crippen LogP) is 2.51. The second kappa shape index (κ2) is 7.56. The summed E-state index contributed by atoms with van der Waals surface area (Å²) in [6, 6.07) is 12.0. The van der Waals surface area contributed by atoms with E-state index in [0.29, 0.717) is 30.8 Å². The molecule has 8 nitrogen and oxygen atoms in total. The molecule has 1 fully saturated rings. The van der Waals surface area contributed by atoms with E-state index in [1.165, 1.54) is 6.07 Å². The summed E-state index contributed by atoms with van der Waals surface area (Å²) in [6.45, 7) is 0.856. The number of likely N-dealkylation sites (tertiary alicyclic amines) is 1. The van der Waals surface area contributed by atoms with Crippen molar-refractivity contribution in [1.29, 1.82) is 0 Å². The topological polar surface area (TPSA) is 118 Å². The van der Waals surface area contributed by atoms with Gasteiger partial charge in [-0.3, -0.25) is 9.78 Å². The van der Waals surface area contributed by atoms with E-state index in [4.69, 9.17) is 5.73 Å². The van der Waals surface area contributed by atoms with Gasteiger partial charge in [0.2, 0.25) is 5.91 Å². The Hall–Kier alpha value is -3.08. The number of nitrogens with zero attached hydrogens (tertiary/aromatic N) is 3. The molecule has 1 atom stereocenters. The molecule has 4 heterocycles. The van der Waals surface area contributed by atoms with Gasteiger partial charge in [0.05, 0.1) is 10.2 Å². The van der Waals surface area contributed by atoms with Gasteiger partial charge in [-0.2, -0.15) is 4.72 Å². The van der Waals surface area contributed by atoms with E-state index in [0.717, 1.165) is 32.4 Å². The van der Waals surface area contributed by atoms with Crippen LogP contribution in [0.1, 0.15) is 12.0 Å². The van der Waals surface area contributed by atoms with Gasteiger partial charge in [-0.25, -0.2) is 13.4 Å². The molecule has 0 aliphatic carbocycles. The second-order valence-corrected chi connectivity index (χ2v) is 10.5. The van der Waals surface area contributed by atoms with Crippen LogP contribution in [0, 0.1) is 0 Å². The number of aromatic nitrogens is 2. The maximum absolute atomic E-state index is 12.9. The molecule has 158 valence electrons. The number of nitrogen functional groups attached to an aromatic ring is 1. The Kier molecular flexibility index (Phi) is 4.84. The zero-order valence-electron chi connectivity index (χ0n) is 16.4. The Labute approximate surface area is 182 Å². The third-order valence-corrected chi connectivity index (χ3v) is 8.39. The first-order valence-corrected chi connectivity index (χ1v) is 12.0. The molecule has 10 heteroatoms.